The van der Waals surface area contributed by atoms with Crippen molar-refractivity contribution in [3.8, 4) is 11.4 Å². The molecule has 1 N–H and O–H groups in total. The van der Waals surface area contributed by atoms with Gasteiger partial charge in [0, 0.05) is 33.9 Å². The number of para-hydroxylation sites is 1. The maximum atomic E-state index is 5.40. The lowest BCUT2D eigenvalue weighted by atomic mass is 10.1. The molecular formula is C24H21N5S. The summed E-state index contributed by atoms with van der Waals surface area (Å²) >= 11 is 5.40. The van der Waals surface area contributed by atoms with Crippen LogP contribution in [0.5, 0.6) is 0 Å². The second-order valence-electron chi connectivity index (χ2n) is 7.31. The number of H-pyrrole nitrogens is 1. The minimum absolute atomic E-state index is 0.463. The summed E-state index contributed by atoms with van der Waals surface area (Å²) in [6.07, 6.45) is 1.83. The van der Waals surface area contributed by atoms with Crippen molar-refractivity contribution in [2.75, 3.05) is 0 Å². The minimum Gasteiger partial charge on any atom is -0.341 e. The van der Waals surface area contributed by atoms with Gasteiger partial charge in [0.1, 0.15) is 0 Å². The molecule has 2 heterocycles. The van der Waals surface area contributed by atoms with Crippen molar-refractivity contribution in [1.29, 1.82) is 0 Å². The van der Waals surface area contributed by atoms with Crippen LogP contribution in [0.2, 0.25) is 0 Å². The molecule has 0 atom stereocenters. The van der Waals surface area contributed by atoms with Gasteiger partial charge in [-0.1, -0.05) is 54.1 Å². The van der Waals surface area contributed by atoms with Gasteiger partial charge in [-0.25, -0.2) is 5.10 Å². The third-order valence-corrected chi connectivity index (χ3v) is 5.66. The van der Waals surface area contributed by atoms with Crippen LogP contribution in [0, 0.1) is 11.7 Å². The molecule has 5 nitrogen and oxygen atoms in total. The lowest BCUT2D eigenvalue weighted by Crippen LogP contribution is -1.95. The molecule has 3 aromatic carbocycles. The normalized spacial score (nSPS) is 11.8. The Morgan fingerprint density at radius 3 is 2.57 bits per heavy atom. The zero-order chi connectivity index (χ0) is 20.7. The Bertz CT molecular complexity index is 1450. The number of hydrogen-bond donors (Lipinski definition) is 1. The predicted octanol–water partition coefficient (Wildman–Crippen LogP) is 5.93. The highest BCUT2D eigenvalue weighted by Crippen LogP contribution is 2.29. The van der Waals surface area contributed by atoms with Crippen LogP contribution in [-0.2, 0) is 6.54 Å². The van der Waals surface area contributed by atoms with Crippen LogP contribution in [0.15, 0.2) is 71.8 Å². The summed E-state index contributed by atoms with van der Waals surface area (Å²) in [6, 6.07) is 23.1. The van der Waals surface area contributed by atoms with E-state index in [1.807, 2.05) is 18.3 Å². The molecule has 0 aliphatic heterocycles. The quantitative estimate of drug-likeness (QED) is 0.294. The van der Waals surface area contributed by atoms with E-state index in [1.165, 1.54) is 27.4 Å². The summed E-state index contributed by atoms with van der Waals surface area (Å²) in [5.41, 5.74) is 5.66. The van der Waals surface area contributed by atoms with Crippen molar-refractivity contribution in [2.24, 2.45) is 5.10 Å². The fourth-order valence-corrected chi connectivity index (χ4v) is 4.08. The molecule has 6 heteroatoms. The van der Waals surface area contributed by atoms with Crippen molar-refractivity contribution in [3.63, 3.8) is 0 Å². The van der Waals surface area contributed by atoms with Gasteiger partial charge in [0.25, 0.3) is 0 Å². The average Bonchev–Trinajstić information content (AvgIpc) is 3.30. The van der Waals surface area contributed by atoms with Gasteiger partial charge in [-0.3, -0.25) is 0 Å². The van der Waals surface area contributed by atoms with Gasteiger partial charge in [0.15, 0.2) is 5.82 Å². The van der Waals surface area contributed by atoms with E-state index in [9.17, 15) is 0 Å². The summed E-state index contributed by atoms with van der Waals surface area (Å²) in [4.78, 5) is 0. The molecule has 0 spiro atoms. The van der Waals surface area contributed by atoms with Crippen molar-refractivity contribution in [1.82, 2.24) is 19.4 Å². The molecule has 0 aliphatic carbocycles. The Hall–Kier alpha value is -3.51. The molecule has 0 radical (unpaired) electrons. The topological polar surface area (TPSA) is 50.9 Å². The number of rotatable bonds is 4. The minimum atomic E-state index is 0.463. The van der Waals surface area contributed by atoms with Crippen LogP contribution in [0.3, 0.4) is 0 Å². The Kier molecular flexibility index (Phi) is 4.56. The lowest BCUT2D eigenvalue weighted by Gasteiger charge is -2.03. The molecule has 0 saturated heterocycles. The third-order valence-electron chi connectivity index (χ3n) is 5.40. The summed E-state index contributed by atoms with van der Waals surface area (Å²) in [5, 5.41) is 14.3. The van der Waals surface area contributed by atoms with Crippen LogP contribution in [0.4, 0.5) is 0 Å². The molecule has 30 heavy (non-hydrogen) atoms. The second-order valence-corrected chi connectivity index (χ2v) is 7.70. The first-order chi connectivity index (χ1) is 14.7. The molecule has 5 rings (SSSR count). The number of nitrogens with zero attached hydrogens (tertiary/aromatic N) is 4. The zero-order valence-corrected chi connectivity index (χ0v) is 17.6. The molecule has 0 fully saturated rings. The molecular weight excluding hydrogens is 390 g/mol. The van der Waals surface area contributed by atoms with Crippen LogP contribution in [0.1, 0.15) is 18.1 Å². The third kappa shape index (κ3) is 3.06. The predicted molar refractivity (Wildman–Crippen MR) is 126 cm³/mol. The van der Waals surface area contributed by atoms with E-state index in [2.05, 4.69) is 88.3 Å². The Labute approximate surface area is 179 Å². The van der Waals surface area contributed by atoms with E-state index in [4.69, 9.17) is 12.2 Å². The van der Waals surface area contributed by atoms with Crippen molar-refractivity contribution in [2.45, 2.75) is 20.4 Å². The summed E-state index contributed by atoms with van der Waals surface area (Å²) in [6.45, 7) is 5.17. The zero-order valence-electron chi connectivity index (χ0n) is 16.8. The Morgan fingerprint density at radius 1 is 1.00 bits per heavy atom. The summed E-state index contributed by atoms with van der Waals surface area (Å²) < 4.78 is 4.47. The SMILES string of the molecule is CCn1c2ccccc2c2cc(/C=N\n3c(-c4ccc(C)cc4)n[nH]c3=S)ccc21. The van der Waals surface area contributed by atoms with Gasteiger partial charge in [0.2, 0.25) is 4.77 Å². The highest BCUT2D eigenvalue weighted by molar-refractivity contribution is 7.71. The number of nitrogens with one attached hydrogen (secondary N) is 1. The number of benzene rings is 3. The van der Waals surface area contributed by atoms with E-state index < -0.39 is 0 Å². The van der Waals surface area contributed by atoms with Crippen LogP contribution < -0.4 is 0 Å². The monoisotopic (exact) mass is 411 g/mol. The van der Waals surface area contributed by atoms with E-state index in [0.717, 1.165) is 17.7 Å². The fourth-order valence-electron chi connectivity index (χ4n) is 3.90. The molecule has 0 bridgehead atoms. The highest BCUT2D eigenvalue weighted by atomic mass is 32.1. The van der Waals surface area contributed by atoms with Crippen molar-refractivity contribution >= 4 is 40.2 Å². The highest BCUT2D eigenvalue weighted by Gasteiger charge is 2.10. The number of aromatic amines is 1. The maximum Gasteiger partial charge on any atom is 0.216 e. The number of hydrogen-bond acceptors (Lipinski definition) is 3. The molecule has 0 aliphatic rings. The van der Waals surface area contributed by atoms with E-state index >= 15 is 0 Å². The van der Waals surface area contributed by atoms with Gasteiger partial charge in [-0.15, -0.1) is 0 Å². The molecule has 148 valence electrons. The lowest BCUT2D eigenvalue weighted by molar-refractivity contribution is 0.827. The molecule has 0 unspecified atom stereocenters. The van der Waals surface area contributed by atoms with Crippen LogP contribution in [0.25, 0.3) is 33.2 Å². The first-order valence-corrected chi connectivity index (χ1v) is 10.4. The van der Waals surface area contributed by atoms with Gasteiger partial charge < -0.3 is 4.57 Å². The Balaban J connectivity index is 1.58. The standard InChI is InChI=1S/C24H21N5S/c1-3-28-21-7-5-4-6-19(21)20-14-17(10-13-22(20)28)15-25-29-23(26-27-24(29)30)18-11-8-16(2)9-12-18/h4-15H,3H2,1-2H3,(H,27,30)/b25-15-. The number of fused-ring (bicyclic) bond motifs is 3. The molecule has 0 saturated carbocycles. The molecule has 2 aromatic heterocycles. The molecule has 0 amide bonds. The van der Waals surface area contributed by atoms with Crippen molar-refractivity contribution in [3.05, 3.63) is 82.6 Å². The van der Waals surface area contributed by atoms with Gasteiger partial charge >= 0.3 is 0 Å². The maximum absolute atomic E-state index is 5.40. The smallest absolute Gasteiger partial charge is 0.216 e. The molecule has 5 aromatic rings. The Morgan fingerprint density at radius 2 is 1.77 bits per heavy atom. The van der Waals surface area contributed by atoms with Crippen molar-refractivity contribution < 1.29 is 0 Å². The first-order valence-electron chi connectivity index (χ1n) is 9.95. The van der Waals surface area contributed by atoms with Crippen LogP contribution in [-0.4, -0.2) is 25.7 Å². The van der Waals surface area contributed by atoms with E-state index in [0.29, 0.717) is 10.6 Å². The van der Waals surface area contributed by atoms with Crippen LogP contribution >= 0.6 is 12.2 Å². The number of aryl methyl sites for hydroxylation is 2. The van der Waals surface area contributed by atoms with E-state index in [-0.39, 0.29) is 0 Å². The van der Waals surface area contributed by atoms with Gasteiger partial charge in [0.05, 0.1) is 6.21 Å². The van der Waals surface area contributed by atoms with Gasteiger partial charge in [-0.2, -0.15) is 14.9 Å². The van der Waals surface area contributed by atoms with Gasteiger partial charge in [-0.05, 0) is 49.8 Å². The largest absolute Gasteiger partial charge is 0.341 e. The average molecular weight is 412 g/mol. The fraction of sp³-hybridized carbons (Fsp3) is 0.125. The summed E-state index contributed by atoms with van der Waals surface area (Å²) in [5.74, 6) is 0.694. The summed E-state index contributed by atoms with van der Waals surface area (Å²) in [7, 11) is 0. The van der Waals surface area contributed by atoms with E-state index in [1.54, 1.807) is 4.68 Å². The second kappa shape index (κ2) is 7.39. The first kappa shape index (κ1) is 18.5. The number of aromatic nitrogens is 4.